The van der Waals surface area contributed by atoms with Crippen molar-refractivity contribution in [3.63, 3.8) is 0 Å². The van der Waals surface area contributed by atoms with Gasteiger partial charge in [0.1, 0.15) is 12.4 Å². The number of hydrogen-bond acceptors (Lipinski definition) is 5. The fourth-order valence-corrected chi connectivity index (χ4v) is 3.08. The molecule has 0 bridgehead atoms. The highest BCUT2D eigenvalue weighted by Crippen LogP contribution is 2.17. The molecule has 0 aromatic heterocycles. The fourth-order valence-electron chi connectivity index (χ4n) is 3.08. The fraction of sp³-hybridized carbons (Fsp3) is 0.632. The van der Waals surface area contributed by atoms with Gasteiger partial charge in [-0.15, -0.1) is 0 Å². The van der Waals surface area contributed by atoms with Gasteiger partial charge in [-0.25, -0.2) is 0 Å². The maximum absolute atomic E-state index is 12.4. The van der Waals surface area contributed by atoms with Gasteiger partial charge < -0.3 is 19.5 Å². The Morgan fingerprint density at radius 3 is 2.68 bits per heavy atom. The lowest BCUT2D eigenvalue weighted by Gasteiger charge is -2.35. The lowest BCUT2D eigenvalue weighted by molar-refractivity contribution is -0.0680. The summed E-state index contributed by atoms with van der Waals surface area (Å²) in [6, 6.07) is 7.29. The van der Waals surface area contributed by atoms with E-state index in [1.807, 2.05) is 12.1 Å². The molecule has 1 aliphatic rings. The molecule has 1 aromatic carbocycles. The number of benzene rings is 1. The van der Waals surface area contributed by atoms with Crippen LogP contribution in [0.25, 0.3) is 0 Å². The van der Waals surface area contributed by atoms with Crippen LogP contribution < -0.4 is 10.1 Å². The summed E-state index contributed by atoms with van der Waals surface area (Å²) >= 11 is 0. The molecule has 140 valence electrons. The molecule has 1 heterocycles. The predicted molar refractivity (Wildman–Crippen MR) is 97.2 cm³/mol. The third kappa shape index (κ3) is 6.65. The second kappa shape index (κ2) is 10.4. The monoisotopic (exact) mass is 350 g/mol. The van der Waals surface area contributed by atoms with E-state index < -0.39 is 0 Å². The summed E-state index contributed by atoms with van der Waals surface area (Å²) < 4.78 is 16.3. The van der Waals surface area contributed by atoms with E-state index in [0.717, 1.165) is 26.1 Å². The van der Waals surface area contributed by atoms with Crippen molar-refractivity contribution in [3.05, 3.63) is 29.8 Å². The summed E-state index contributed by atoms with van der Waals surface area (Å²) in [5, 5.41) is 2.98. The molecule has 1 saturated heterocycles. The van der Waals surface area contributed by atoms with E-state index in [2.05, 4.69) is 24.1 Å². The van der Waals surface area contributed by atoms with E-state index in [1.54, 1.807) is 19.2 Å². The molecule has 1 N–H and O–H groups in total. The van der Waals surface area contributed by atoms with Gasteiger partial charge >= 0.3 is 0 Å². The van der Waals surface area contributed by atoms with Crippen molar-refractivity contribution in [1.82, 2.24) is 10.2 Å². The van der Waals surface area contributed by atoms with Crippen LogP contribution in [-0.2, 0) is 9.47 Å². The van der Waals surface area contributed by atoms with Gasteiger partial charge in [0.15, 0.2) is 0 Å². The van der Waals surface area contributed by atoms with Crippen LogP contribution >= 0.6 is 0 Å². The molecule has 1 amide bonds. The van der Waals surface area contributed by atoms with Crippen LogP contribution in [0.5, 0.6) is 5.75 Å². The second-order valence-electron chi connectivity index (χ2n) is 6.46. The average Bonchev–Trinajstić information content (AvgIpc) is 2.58. The van der Waals surface area contributed by atoms with E-state index >= 15 is 0 Å². The Morgan fingerprint density at radius 1 is 1.24 bits per heavy atom. The maximum atomic E-state index is 12.4. The number of nitrogens with zero attached hydrogens (tertiary/aromatic N) is 1. The predicted octanol–water partition coefficient (Wildman–Crippen LogP) is 1.94. The van der Waals surface area contributed by atoms with Crippen molar-refractivity contribution in [2.75, 3.05) is 46.5 Å². The van der Waals surface area contributed by atoms with Gasteiger partial charge in [0, 0.05) is 33.3 Å². The van der Waals surface area contributed by atoms with Crippen LogP contribution in [0.3, 0.4) is 0 Å². The van der Waals surface area contributed by atoms with Gasteiger partial charge in [0.25, 0.3) is 5.91 Å². The van der Waals surface area contributed by atoms with E-state index in [1.165, 1.54) is 0 Å². The summed E-state index contributed by atoms with van der Waals surface area (Å²) in [5.41, 5.74) is 0.562. The average molecular weight is 350 g/mol. The van der Waals surface area contributed by atoms with Crippen LogP contribution in [-0.4, -0.2) is 69.5 Å². The third-order valence-electron chi connectivity index (χ3n) is 4.11. The topological polar surface area (TPSA) is 60.0 Å². The van der Waals surface area contributed by atoms with Crippen molar-refractivity contribution >= 4 is 5.91 Å². The van der Waals surface area contributed by atoms with Gasteiger partial charge in [-0.1, -0.05) is 12.1 Å². The number of amides is 1. The Bertz CT molecular complexity index is 528. The van der Waals surface area contributed by atoms with Crippen LogP contribution in [0.15, 0.2) is 24.3 Å². The van der Waals surface area contributed by atoms with Crippen LogP contribution in [0, 0.1) is 0 Å². The van der Waals surface area contributed by atoms with E-state index in [0.29, 0.717) is 31.1 Å². The number of morpholine rings is 1. The molecule has 0 spiro atoms. The number of carbonyl (C=O) groups is 1. The first kappa shape index (κ1) is 19.7. The summed E-state index contributed by atoms with van der Waals surface area (Å²) in [7, 11) is 1.62. The van der Waals surface area contributed by atoms with Gasteiger partial charge in [-0.05, 0) is 32.4 Å². The first-order chi connectivity index (χ1) is 12.1. The zero-order valence-electron chi connectivity index (χ0n) is 15.5. The van der Waals surface area contributed by atoms with Crippen LogP contribution in [0.1, 0.15) is 30.6 Å². The summed E-state index contributed by atoms with van der Waals surface area (Å²) in [6.45, 7) is 8.63. The van der Waals surface area contributed by atoms with Crippen molar-refractivity contribution in [1.29, 1.82) is 0 Å². The molecule has 25 heavy (non-hydrogen) atoms. The summed E-state index contributed by atoms with van der Waals surface area (Å²) in [5.74, 6) is 0.490. The van der Waals surface area contributed by atoms with Crippen molar-refractivity contribution < 1.29 is 19.0 Å². The quantitative estimate of drug-likeness (QED) is 0.690. The normalized spacial score (nSPS) is 21.1. The van der Waals surface area contributed by atoms with E-state index in [4.69, 9.17) is 14.2 Å². The van der Waals surface area contributed by atoms with Crippen molar-refractivity contribution in [2.24, 2.45) is 0 Å². The minimum absolute atomic E-state index is 0.100. The number of carbonyl (C=O) groups excluding carboxylic acids is 1. The molecule has 2 unspecified atom stereocenters. The minimum atomic E-state index is -0.100. The van der Waals surface area contributed by atoms with Gasteiger partial charge in [0.05, 0.1) is 24.4 Å². The summed E-state index contributed by atoms with van der Waals surface area (Å²) in [6.07, 6.45) is 1.46. The first-order valence-electron chi connectivity index (χ1n) is 8.97. The Balaban J connectivity index is 1.75. The number of methoxy groups -OCH3 is 1. The molecular formula is C19H30N2O4. The molecule has 2 atom stereocenters. The zero-order chi connectivity index (χ0) is 18.1. The van der Waals surface area contributed by atoms with Crippen LogP contribution in [0.4, 0.5) is 0 Å². The zero-order valence-corrected chi connectivity index (χ0v) is 15.5. The Kier molecular flexibility index (Phi) is 8.18. The molecule has 0 saturated carbocycles. The maximum Gasteiger partial charge on any atom is 0.255 e. The number of para-hydroxylation sites is 1. The molecule has 0 aliphatic carbocycles. The Hall–Kier alpha value is -1.63. The Labute approximate surface area is 150 Å². The van der Waals surface area contributed by atoms with Gasteiger partial charge in [-0.3, -0.25) is 9.69 Å². The molecule has 6 heteroatoms. The highest BCUT2D eigenvalue weighted by Gasteiger charge is 2.21. The van der Waals surface area contributed by atoms with Crippen molar-refractivity contribution in [2.45, 2.75) is 32.5 Å². The molecule has 1 fully saturated rings. The SMILES string of the molecule is COCCOc1ccccc1C(=O)NCCCN1CC(C)OC(C)C1. The largest absolute Gasteiger partial charge is 0.490 e. The number of rotatable bonds is 9. The smallest absolute Gasteiger partial charge is 0.255 e. The molecule has 6 nitrogen and oxygen atoms in total. The minimum Gasteiger partial charge on any atom is -0.490 e. The lowest BCUT2D eigenvalue weighted by atomic mass is 10.2. The standard InChI is InChI=1S/C19H30N2O4/c1-15-13-21(14-16(2)25-15)10-6-9-20-19(22)17-7-4-5-8-18(17)24-12-11-23-3/h4-5,7-8,15-16H,6,9-14H2,1-3H3,(H,20,22). The highest BCUT2D eigenvalue weighted by atomic mass is 16.5. The molecular weight excluding hydrogens is 320 g/mol. The third-order valence-corrected chi connectivity index (χ3v) is 4.11. The van der Waals surface area contributed by atoms with E-state index in [-0.39, 0.29) is 18.1 Å². The molecule has 0 radical (unpaired) electrons. The van der Waals surface area contributed by atoms with Gasteiger partial charge in [-0.2, -0.15) is 0 Å². The van der Waals surface area contributed by atoms with E-state index in [9.17, 15) is 4.79 Å². The first-order valence-corrected chi connectivity index (χ1v) is 8.97. The number of hydrogen-bond donors (Lipinski definition) is 1. The number of ether oxygens (including phenoxy) is 3. The molecule has 1 aliphatic heterocycles. The lowest BCUT2D eigenvalue weighted by Crippen LogP contribution is -2.46. The highest BCUT2D eigenvalue weighted by molar-refractivity contribution is 5.96. The second-order valence-corrected chi connectivity index (χ2v) is 6.46. The molecule has 1 aromatic rings. The number of nitrogens with one attached hydrogen (secondary N) is 1. The summed E-state index contributed by atoms with van der Waals surface area (Å²) in [4.78, 5) is 14.8. The van der Waals surface area contributed by atoms with Crippen LogP contribution in [0.2, 0.25) is 0 Å². The van der Waals surface area contributed by atoms with Gasteiger partial charge in [0.2, 0.25) is 0 Å². The Morgan fingerprint density at radius 2 is 1.96 bits per heavy atom. The molecule has 2 rings (SSSR count). The van der Waals surface area contributed by atoms with Crippen molar-refractivity contribution in [3.8, 4) is 5.75 Å².